The predicted octanol–water partition coefficient (Wildman–Crippen LogP) is 6.70. The van der Waals surface area contributed by atoms with Crippen LogP contribution in [0.15, 0.2) is 11.6 Å². The van der Waals surface area contributed by atoms with Crippen molar-refractivity contribution in [2.24, 2.45) is 62.6 Å². The second kappa shape index (κ2) is 11.9. The van der Waals surface area contributed by atoms with Gasteiger partial charge in [-0.15, -0.1) is 0 Å². The number of hydrogen-bond acceptors (Lipinski definition) is 7. The van der Waals surface area contributed by atoms with Crippen LogP contribution in [0.2, 0.25) is 0 Å². The van der Waals surface area contributed by atoms with Gasteiger partial charge in [0.25, 0.3) is 0 Å². The van der Waals surface area contributed by atoms with Crippen LogP contribution >= 0.6 is 0 Å². The first-order valence-corrected chi connectivity index (χ1v) is 18.2. The first-order chi connectivity index (χ1) is 21.7. The molecule has 0 aromatic heterocycles. The second-order valence-corrected chi connectivity index (χ2v) is 18.1. The number of esters is 1. The Morgan fingerprint density at radius 2 is 1.74 bits per heavy atom. The van der Waals surface area contributed by atoms with Gasteiger partial charge in [-0.2, -0.15) is 0 Å². The molecule has 8 heteroatoms. The molecule has 0 aromatic rings. The quantitative estimate of drug-likeness (QED) is 0.264. The van der Waals surface area contributed by atoms with E-state index in [0.29, 0.717) is 38.1 Å². The molecule has 0 amide bonds. The van der Waals surface area contributed by atoms with Crippen LogP contribution in [-0.2, 0) is 28.6 Å². The molecule has 12 atom stereocenters. The zero-order valence-corrected chi connectivity index (χ0v) is 31.2. The van der Waals surface area contributed by atoms with E-state index >= 15 is 0 Å². The molecule has 4 aliphatic carbocycles. The van der Waals surface area contributed by atoms with E-state index in [4.69, 9.17) is 14.2 Å². The SMILES string of the molecule is CN[C@](C)(CO[C@H]1[C@H](OC(C)=O)C[C@@]23COC[C@]1(C)[C@@H]2CC[C@H]1C3=CC(=O)[C@@]2(C)[C@H](C(=O)O)[C@@](C)([C@H](C)C(C)C)CC[C@]12C)C(C)C. The van der Waals surface area contributed by atoms with E-state index in [2.05, 4.69) is 67.6 Å². The zero-order valence-electron chi connectivity index (χ0n) is 31.2. The summed E-state index contributed by atoms with van der Waals surface area (Å²) in [4.78, 5) is 40.9. The fraction of sp³-hybridized carbons (Fsp3) is 0.872. The van der Waals surface area contributed by atoms with Crippen LogP contribution in [0.3, 0.4) is 0 Å². The number of carbonyl (C=O) groups excluding carboxylic acids is 2. The molecule has 3 saturated carbocycles. The van der Waals surface area contributed by atoms with Crippen LogP contribution in [0.5, 0.6) is 0 Å². The fourth-order valence-corrected chi connectivity index (χ4v) is 11.8. The first-order valence-electron chi connectivity index (χ1n) is 18.2. The standard InChI is InChI=1S/C39H63NO7/c1-22(2)24(5)34(7)15-16-36(9)26-13-14-29-35(8)19-45-21-39(29,27(26)17-30(42)38(36,11)31(34)33(43)44)18-28(47-25(6)41)32(35)46-20-37(10,40-12)23(3)4/h17,22-24,26,28-29,31-32,40H,13-16,18-21H2,1-12H3,(H,43,44)/t24-,26+,28-,29+,31-,32+,34-,35-,36-,37-,38+,39+/m1/s1. The Balaban J connectivity index is 1.61. The van der Waals surface area contributed by atoms with Crippen molar-refractivity contribution in [3.8, 4) is 0 Å². The third-order valence-corrected chi connectivity index (χ3v) is 15.7. The number of aliphatic carboxylic acids is 1. The van der Waals surface area contributed by atoms with E-state index in [9.17, 15) is 19.5 Å². The van der Waals surface area contributed by atoms with Crippen molar-refractivity contribution >= 4 is 17.7 Å². The molecule has 0 aromatic carbocycles. The molecule has 266 valence electrons. The van der Waals surface area contributed by atoms with E-state index in [1.807, 2.05) is 20.0 Å². The Morgan fingerprint density at radius 1 is 1.09 bits per heavy atom. The number of allylic oxidation sites excluding steroid dienone is 1. The van der Waals surface area contributed by atoms with E-state index in [1.165, 1.54) is 6.92 Å². The maximum Gasteiger partial charge on any atom is 0.308 e. The fourth-order valence-electron chi connectivity index (χ4n) is 11.8. The van der Waals surface area contributed by atoms with Gasteiger partial charge in [-0.05, 0) is 92.6 Å². The Hall–Kier alpha value is -1.77. The third-order valence-electron chi connectivity index (χ3n) is 15.7. The average Bonchev–Trinajstić information content (AvgIpc) is 2.97. The molecule has 1 saturated heterocycles. The van der Waals surface area contributed by atoms with Crippen molar-refractivity contribution in [1.82, 2.24) is 5.32 Å². The molecule has 8 nitrogen and oxygen atoms in total. The Kier molecular flexibility index (Phi) is 9.27. The van der Waals surface area contributed by atoms with Gasteiger partial charge >= 0.3 is 11.9 Å². The van der Waals surface area contributed by atoms with Gasteiger partial charge in [0, 0.05) is 28.7 Å². The topological polar surface area (TPSA) is 111 Å². The van der Waals surface area contributed by atoms with Crippen molar-refractivity contribution < 1.29 is 33.7 Å². The summed E-state index contributed by atoms with van der Waals surface area (Å²) in [5.41, 5.74) is -2.19. The number of carbonyl (C=O) groups is 3. The lowest BCUT2D eigenvalue weighted by atomic mass is 9.34. The number of carboxylic acids is 1. The highest BCUT2D eigenvalue weighted by atomic mass is 16.6. The van der Waals surface area contributed by atoms with Gasteiger partial charge in [0.1, 0.15) is 12.2 Å². The number of hydrogen-bond donors (Lipinski definition) is 2. The van der Waals surface area contributed by atoms with Gasteiger partial charge in [0.05, 0.1) is 25.7 Å². The molecular formula is C39H63NO7. The Bertz CT molecular complexity index is 1310. The lowest BCUT2D eigenvalue weighted by Crippen LogP contribution is -2.71. The van der Waals surface area contributed by atoms with E-state index < -0.39 is 45.1 Å². The van der Waals surface area contributed by atoms with Crippen LogP contribution in [0.25, 0.3) is 0 Å². The molecule has 0 radical (unpaired) electrons. The molecular weight excluding hydrogens is 594 g/mol. The van der Waals surface area contributed by atoms with Gasteiger partial charge in [-0.25, -0.2) is 0 Å². The van der Waals surface area contributed by atoms with Crippen LogP contribution in [0.1, 0.15) is 108 Å². The highest BCUT2D eigenvalue weighted by Crippen LogP contribution is 2.74. The number of ketones is 1. The summed E-state index contributed by atoms with van der Waals surface area (Å²) in [5.74, 6) is -1.08. The highest BCUT2D eigenvalue weighted by molar-refractivity contribution is 6.00. The number of rotatable bonds is 9. The number of likely N-dealkylation sites (N-methyl/N-ethyl adjacent to an activating group) is 1. The Morgan fingerprint density at radius 3 is 2.30 bits per heavy atom. The molecule has 0 unspecified atom stereocenters. The largest absolute Gasteiger partial charge is 0.481 e. The summed E-state index contributed by atoms with van der Waals surface area (Å²) in [6.07, 6.45) is 4.92. The maximum absolute atomic E-state index is 14.9. The molecule has 47 heavy (non-hydrogen) atoms. The number of nitrogens with one attached hydrogen (secondary N) is 1. The predicted molar refractivity (Wildman–Crippen MR) is 182 cm³/mol. The smallest absolute Gasteiger partial charge is 0.308 e. The van der Waals surface area contributed by atoms with E-state index in [0.717, 1.165) is 31.3 Å². The highest BCUT2D eigenvalue weighted by Gasteiger charge is 2.74. The number of carboxylic acid groups (broad SMARTS) is 1. The van der Waals surface area contributed by atoms with Crippen LogP contribution in [-0.4, -0.2) is 67.4 Å². The van der Waals surface area contributed by atoms with Crippen molar-refractivity contribution in [3.05, 3.63) is 11.6 Å². The Labute approximate surface area is 283 Å². The molecule has 5 rings (SSSR count). The molecule has 0 spiro atoms. The van der Waals surface area contributed by atoms with Gasteiger partial charge in [-0.3, -0.25) is 14.4 Å². The average molecular weight is 658 g/mol. The van der Waals surface area contributed by atoms with Gasteiger partial charge in [-0.1, -0.05) is 67.9 Å². The molecule has 4 fully saturated rings. The van der Waals surface area contributed by atoms with E-state index in [-0.39, 0.29) is 41.1 Å². The minimum Gasteiger partial charge on any atom is -0.481 e. The normalized spacial score (nSPS) is 44.9. The molecule has 5 aliphatic rings. The summed E-state index contributed by atoms with van der Waals surface area (Å²) in [6, 6.07) is 0. The van der Waals surface area contributed by atoms with Crippen molar-refractivity contribution in [2.45, 2.75) is 126 Å². The second-order valence-electron chi connectivity index (χ2n) is 18.1. The van der Waals surface area contributed by atoms with Crippen molar-refractivity contribution in [2.75, 3.05) is 26.9 Å². The first kappa shape index (κ1) is 36.5. The molecule has 1 aliphatic heterocycles. The van der Waals surface area contributed by atoms with Crippen molar-refractivity contribution in [1.29, 1.82) is 0 Å². The summed E-state index contributed by atoms with van der Waals surface area (Å²) in [5, 5.41) is 14.4. The number of fused-ring (bicyclic) bond motifs is 3. The van der Waals surface area contributed by atoms with Crippen molar-refractivity contribution in [3.63, 3.8) is 0 Å². The van der Waals surface area contributed by atoms with Crippen LogP contribution in [0.4, 0.5) is 0 Å². The van der Waals surface area contributed by atoms with Gasteiger partial charge in [0.2, 0.25) is 0 Å². The molecule has 1 heterocycles. The minimum atomic E-state index is -1.05. The summed E-state index contributed by atoms with van der Waals surface area (Å²) in [6.45, 7) is 24.4. The minimum absolute atomic E-state index is 0.0390. The maximum atomic E-state index is 14.9. The molecule has 2 bridgehead atoms. The van der Waals surface area contributed by atoms with Crippen LogP contribution < -0.4 is 5.32 Å². The van der Waals surface area contributed by atoms with E-state index in [1.54, 1.807) is 0 Å². The third kappa shape index (κ3) is 5.03. The van der Waals surface area contributed by atoms with Gasteiger partial charge in [0.15, 0.2) is 5.78 Å². The summed E-state index contributed by atoms with van der Waals surface area (Å²) < 4.78 is 19.6. The van der Waals surface area contributed by atoms with Crippen LogP contribution in [0, 0.1) is 62.6 Å². The summed E-state index contributed by atoms with van der Waals surface area (Å²) >= 11 is 0. The molecule has 2 N–H and O–H groups in total. The zero-order chi connectivity index (χ0) is 35.1. The monoisotopic (exact) mass is 657 g/mol. The lowest BCUT2D eigenvalue weighted by molar-refractivity contribution is -0.268. The van der Waals surface area contributed by atoms with Gasteiger partial charge < -0.3 is 24.6 Å². The summed E-state index contributed by atoms with van der Waals surface area (Å²) in [7, 11) is 1.96. The lowest BCUT2D eigenvalue weighted by Gasteiger charge is -2.70. The number of ether oxygens (including phenoxy) is 3.